The molecule has 1 N–H and O–H groups in total. The molecule has 0 aliphatic carbocycles. The summed E-state index contributed by atoms with van der Waals surface area (Å²) in [6.45, 7) is 0.0157. The van der Waals surface area contributed by atoms with Gasteiger partial charge in [-0.25, -0.2) is 0 Å². The normalized spacial score (nSPS) is 13.1. The van der Waals surface area contributed by atoms with Gasteiger partial charge in [-0.2, -0.15) is 0 Å². The van der Waals surface area contributed by atoms with Crippen molar-refractivity contribution in [1.29, 1.82) is 0 Å². The van der Waals surface area contributed by atoms with Crippen molar-refractivity contribution in [1.82, 2.24) is 4.90 Å². The van der Waals surface area contributed by atoms with Gasteiger partial charge in [0.1, 0.15) is 0 Å². The van der Waals surface area contributed by atoms with Crippen molar-refractivity contribution in [3.63, 3.8) is 0 Å². The van der Waals surface area contributed by atoms with Crippen molar-refractivity contribution >= 4 is 45.8 Å². The van der Waals surface area contributed by atoms with Gasteiger partial charge in [-0.05, 0) is 41.8 Å². The fourth-order valence-electron chi connectivity index (χ4n) is 3.25. The molecule has 0 saturated heterocycles. The smallest absolute Gasteiger partial charge is 0.261 e. The van der Waals surface area contributed by atoms with E-state index >= 15 is 0 Å². The number of hydrogen-bond acceptors (Lipinski definition) is 3. The molecule has 0 bridgehead atoms. The number of carbonyl (C=O) groups is 3. The highest BCUT2D eigenvalue weighted by atomic mass is 35.5. The maximum Gasteiger partial charge on any atom is 0.261 e. The topological polar surface area (TPSA) is 66.5 Å². The number of amides is 3. The van der Waals surface area contributed by atoms with Crippen molar-refractivity contribution < 1.29 is 14.4 Å². The quantitative estimate of drug-likeness (QED) is 0.694. The molecule has 6 heteroatoms. The summed E-state index contributed by atoms with van der Waals surface area (Å²) in [5, 5.41) is 4.84. The molecule has 0 unspecified atom stereocenters. The molecular weight excluding hydrogens is 364 g/mol. The number of hydrogen-bond donors (Lipinski definition) is 1. The Balaban J connectivity index is 1.52. The van der Waals surface area contributed by atoms with Crippen LogP contribution in [0.15, 0.2) is 60.7 Å². The van der Waals surface area contributed by atoms with Crippen molar-refractivity contribution in [3.8, 4) is 0 Å². The summed E-state index contributed by atoms with van der Waals surface area (Å²) >= 11 is 5.82. The number of nitrogens with zero attached hydrogens (tertiary/aromatic N) is 1. The fraction of sp³-hybridized carbons (Fsp3) is 0.0952. The molecule has 0 saturated carbocycles. The molecule has 4 rings (SSSR count). The van der Waals surface area contributed by atoms with Crippen LogP contribution in [0.3, 0.4) is 0 Å². The van der Waals surface area contributed by atoms with Crippen LogP contribution in [0.2, 0.25) is 5.02 Å². The predicted molar refractivity (Wildman–Crippen MR) is 104 cm³/mol. The van der Waals surface area contributed by atoms with Gasteiger partial charge in [-0.3, -0.25) is 19.3 Å². The van der Waals surface area contributed by atoms with E-state index in [1.165, 1.54) is 0 Å². The Hall–Kier alpha value is -3.18. The maximum atomic E-state index is 12.8. The van der Waals surface area contributed by atoms with Crippen LogP contribution in [0.4, 0.5) is 5.69 Å². The van der Waals surface area contributed by atoms with Gasteiger partial charge < -0.3 is 5.32 Å². The van der Waals surface area contributed by atoms with Crippen LogP contribution in [0, 0.1) is 0 Å². The number of benzene rings is 3. The molecule has 0 aromatic heterocycles. The van der Waals surface area contributed by atoms with Gasteiger partial charge in [0.15, 0.2) is 0 Å². The van der Waals surface area contributed by atoms with E-state index < -0.39 is 0 Å². The molecule has 134 valence electrons. The molecule has 0 atom stereocenters. The van der Waals surface area contributed by atoms with Crippen molar-refractivity contribution in [2.75, 3.05) is 11.9 Å². The van der Waals surface area contributed by atoms with Crippen LogP contribution in [0.25, 0.3) is 10.8 Å². The zero-order valence-electron chi connectivity index (χ0n) is 14.2. The summed E-state index contributed by atoms with van der Waals surface area (Å²) in [6.07, 6.45) is 0.0122. The maximum absolute atomic E-state index is 12.8. The van der Waals surface area contributed by atoms with Crippen LogP contribution >= 0.6 is 11.6 Å². The zero-order valence-corrected chi connectivity index (χ0v) is 15.0. The number of imide groups is 1. The van der Waals surface area contributed by atoms with E-state index in [1.54, 1.807) is 48.5 Å². The number of rotatable bonds is 4. The van der Waals surface area contributed by atoms with Gasteiger partial charge in [0.05, 0.1) is 0 Å². The number of nitrogens with one attached hydrogen (secondary N) is 1. The third-order valence-corrected chi connectivity index (χ3v) is 4.80. The lowest BCUT2D eigenvalue weighted by Crippen LogP contribution is -2.41. The van der Waals surface area contributed by atoms with Crippen molar-refractivity contribution in [2.45, 2.75) is 6.42 Å². The first kappa shape index (κ1) is 17.2. The Morgan fingerprint density at radius 3 is 2.07 bits per heavy atom. The molecule has 1 heterocycles. The standard InChI is InChI=1S/C21H15ClN2O3/c22-14-7-9-15(10-8-14)23-18(25)11-12-24-20(26)16-5-1-3-13-4-2-6-17(19(13)16)21(24)27/h1-10H,11-12H2,(H,23,25). The Morgan fingerprint density at radius 2 is 1.48 bits per heavy atom. The first-order chi connectivity index (χ1) is 13.0. The van der Waals surface area contributed by atoms with E-state index in [4.69, 9.17) is 11.6 Å². The molecular formula is C21H15ClN2O3. The monoisotopic (exact) mass is 378 g/mol. The third-order valence-electron chi connectivity index (χ3n) is 4.55. The third kappa shape index (κ3) is 3.17. The minimum absolute atomic E-state index is 0.0122. The molecule has 27 heavy (non-hydrogen) atoms. The summed E-state index contributed by atoms with van der Waals surface area (Å²) in [5.74, 6) is -1.03. The zero-order chi connectivity index (χ0) is 19.0. The lowest BCUT2D eigenvalue weighted by atomic mass is 9.94. The average molecular weight is 379 g/mol. The Bertz CT molecular complexity index is 1030. The van der Waals surface area contributed by atoms with Gasteiger partial charge in [-0.1, -0.05) is 35.9 Å². The molecule has 3 aromatic carbocycles. The summed E-state index contributed by atoms with van der Waals surface area (Å²) in [7, 11) is 0. The van der Waals surface area contributed by atoms with E-state index in [0.29, 0.717) is 27.2 Å². The van der Waals surface area contributed by atoms with Crippen molar-refractivity contribution in [2.24, 2.45) is 0 Å². The minimum atomic E-state index is -0.372. The summed E-state index contributed by atoms with van der Waals surface area (Å²) < 4.78 is 0. The SMILES string of the molecule is O=C(CCN1C(=O)c2cccc3cccc(c23)C1=O)Nc1ccc(Cl)cc1. The molecule has 1 aliphatic rings. The van der Waals surface area contributed by atoms with Gasteiger partial charge in [0, 0.05) is 40.2 Å². The predicted octanol–water partition coefficient (Wildman–Crippen LogP) is 4.12. The first-order valence-electron chi connectivity index (χ1n) is 8.48. The van der Waals surface area contributed by atoms with Crippen molar-refractivity contribution in [3.05, 3.63) is 76.8 Å². The first-order valence-corrected chi connectivity index (χ1v) is 8.86. The van der Waals surface area contributed by atoms with E-state index in [0.717, 1.165) is 10.3 Å². The van der Waals surface area contributed by atoms with Crippen LogP contribution in [0.5, 0.6) is 0 Å². The van der Waals surface area contributed by atoms with Gasteiger partial charge in [-0.15, -0.1) is 0 Å². The number of anilines is 1. The largest absolute Gasteiger partial charge is 0.326 e. The summed E-state index contributed by atoms with van der Waals surface area (Å²) in [5.41, 5.74) is 1.58. The van der Waals surface area contributed by atoms with E-state index in [9.17, 15) is 14.4 Å². The fourth-order valence-corrected chi connectivity index (χ4v) is 3.38. The van der Waals surface area contributed by atoms with Gasteiger partial charge >= 0.3 is 0 Å². The second-order valence-corrected chi connectivity index (χ2v) is 6.71. The average Bonchev–Trinajstić information content (AvgIpc) is 2.67. The van der Waals surface area contributed by atoms with Gasteiger partial charge in [0.2, 0.25) is 5.91 Å². The number of halogens is 1. The van der Waals surface area contributed by atoms with E-state index in [1.807, 2.05) is 12.1 Å². The molecule has 5 nitrogen and oxygen atoms in total. The molecule has 3 amide bonds. The highest BCUT2D eigenvalue weighted by Gasteiger charge is 2.32. The Morgan fingerprint density at radius 1 is 0.889 bits per heavy atom. The van der Waals surface area contributed by atoms with E-state index in [-0.39, 0.29) is 30.7 Å². The van der Waals surface area contributed by atoms with Crippen LogP contribution in [0.1, 0.15) is 27.1 Å². The molecule has 0 spiro atoms. The Labute approximate surface area is 160 Å². The minimum Gasteiger partial charge on any atom is -0.326 e. The van der Waals surface area contributed by atoms with E-state index in [2.05, 4.69) is 5.32 Å². The Kier molecular flexibility index (Phi) is 4.38. The summed E-state index contributed by atoms with van der Waals surface area (Å²) in [6, 6.07) is 17.5. The summed E-state index contributed by atoms with van der Waals surface area (Å²) in [4.78, 5) is 38.9. The second kappa shape index (κ2) is 6.85. The van der Waals surface area contributed by atoms with Crippen LogP contribution in [-0.4, -0.2) is 29.2 Å². The van der Waals surface area contributed by atoms with Crippen LogP contribution in [-0.2, 0) is 4.79 Å². The molecule has 0 radical (unpaired) electrons. The molecule has 0 fully saturated rings. The molecule has 3 aromatic rings. The van der Waals surface area contributed by atoms with Gasteiger partial charge in [0.25, 0.3) is 11.8 Å². The highest BCUT2D eigenvalue weighted by Crippen LogP contribution is 2.30. The number of carbonyl (C=O) groups excluding carboxylic acids is 3. The lowest BCUT2D eigenvalue weighted by molar-refractivity contribution is -0.116. The molecule has 1 aliphatic heterocycles. The highest BCUT2D eigenvalue weighted by molar-refractivity contribution is 6.30. The second-order valence-electron chi connectivity index (χ2n) is 6.28. The van der Waals surface area contributed by atoms with Crippen LogP contribution < -0.4 is 5.32 Å². The lowest BCUT2D eigenvalue weighted by Gasteiger charge is -2.27.